The van der Waals surface area contributed by atoms with E-state index < -0.39 is 6.10 Å². The summed E-state index contributed by atoms with van der Waals surface area (Å²) in [6.45, 7) is 6.49. The molecule has 0 aromatic carbocycles. The van der Waals surface area contributed by atoms with E-state index >= 15 is 0 Å². The van der Waals surface area contributed by atoms with Crippen molar-refractivity contribution in [1.29, 1.82) is 0 Å². The number of esters is 3. The minimum absolute atomic E-state index is 0.0926. The minimum atomic E-state index is -0.800. The van der Waals surface area contributed by atoms with Crippen molar-refractivity contribution < 1.29 is 28.6 Å². The lowest BCUT2D eigenvalue weighted by molar-refractivity contribution is -0.167. The fourth-order valence-corrected chi connectivity index (χ4v) is 9.33. The second-order valence-electron chi connectivity index (χ2n) is 22.3. The van der Waals surface area contributed by atoms with Crippen molar-refractivity contribution in [3.05, 3.63) is 122 Å². The predicted molar refractivity (Wildman–Crippen MR) is 353 cm³/mol. The summed E-state index contributed by atoms with van der Waals surface area (Å²) >= 11 is 0. The van der Waals surface area contributed by atoms with Crippen LogP contribution in [0.3, 0.4) is 0 Å². The first-order valence-electron chi connectivity index (χ1n) is 34.0. The minimum Gasteiger partial charge on any atom is -0.462 e. The van der Waals surface area contributed by atoms with Gasteiger partial charge in [-0.25, -0.2) is 0 Å². The molecule has 0 aromatic rings. The maximum Gasteiger partial charge on any atom is 0.306 e. The van der Waals surface area contributed by atoms with Crippen LogP contribution in [-0.4, -0.2) is 37.2 Å². The smallest absolute Gasteiger partial charge is 0.306 e. The zero-order valence-corrected chi connectivity index (χ0v) is 53.0. The average Bonchev–Trinajstić information content (AvgIpc) is 3.47. The van der Waals surface area contributed by atoms with Gasteiger partial charge in [-0.2, -0.15) is 0 Å². The van der Waals surface area contributed by atoms with Crippen molar-refractivity contribution in [2.24, 2.45) is 0 Å². The molecule has 0 bridgehead atoms. The highest BCUT2D eigenvalue weighted by molar-refractivity contribution is 5.71. The lowest BCUT2D eigenvalue weighted by Gasteiger charge is -2.18. The highest BCUT2D eigenvalue weighted by atomic mass is 16.6. The Morgan fingerprint density at radius 1 is 0.259 bits per heavy atom. The quantitative estimate of drug-likeness (QED) is 0.0261. The number of hydrogen-bond acceptors (Lipinski definition) is 6. The normalized spacial score (nSPS) is 12.9. The van der Waals surface area contributed by atoms with Crippen LogP contribution in [0.25, 0.3) is 0 Å². The number of ether oxygens (including phenoxy) is 3. The lowest BCUT2D eigenvalue weighted by atomic mass is 10.1. The second-order valence-corrected chi connectivity index (χ2v) is 22.3. The van der Waals surface area contributed by atoms with Gasteiger partial charge < -0.3 is 14.2 Å². The molecule has 0 spiro atoms. The van der Waals surface area contributed by atoms with Gasteiger partial charge in [0.1, 0.15) is 13.2 Å². The molecule has 1 atom stereocenters. The van der Waals surface area contributed by atoms with Gasteiger partial charge in [0.15, 0.2) is 6.10 Å². The van der Waals surface area contributed by atoms with Crippen molar-refractivity contribution in [1.82, 2.24) is 0 Å². The van der Waals surface area contributed by atoms with Gasteiger partial charge in [-0.3, -0.25) is 14.4 Å². The largest absolute Gasteiger partial charge is 0.462 e. The van der Waals surface area contributed by atoms with Gasteiger partial charge >= 0.3 is 17.9 Å². The van der Waals surface area contributed by atoms with E-state index in [1.807, 2.05) is 0 Å². The molecule has 0 aliphatic rings. The topological polar surface area (TPSA) is 78.9 Å². The maximum atomic E-state index is 13.0. The van der Waals surface area contributed by atoms with Crippen molar-refractivity contribution in [3.8, 4) is 0 Å². The standard InChI is InChI=1S/C75H126O6/c1-4-7-10-13-16-19-22-25-28-31-34-36-37-39-41-44-47-50-53-56-59-62-65-68-74(77)80-71-72(70-79-73(76)67-64-61-58-55-52-49-46-43-40-33-30-27-24-21-18-15-12-9-6-3)81-75(78)69-66-63-60-57-54-51-48-45-42-38-35-32-29-26-23-20-17-14-11-8-5-2/h8,11,17-18,20-22,25-27,29-31,34-35,37-39,45,48,72H,4-7,9-10,12-16,19,23-24,28,32-33,36,40-44,46-47,49-71H2,1-3H3/b11-8-,20-17-,21-18-,25-22-,29-26-,30-27-,34-31-,38-35-,39-37-,48-45-. The third kappa shape index (κ3) is 66.5. The zero-order chi connectivity index (χ0) is 58.5. The maximum absolute atomic E-state index is 13.0. The van der Waals surface area contributed by atoms with Crippen LogP contribution in [0.1, 0.15) is 316 Å². The molecule has 0 saturated carbocycles. The third-order valence-corrected chi connectivity index (χ3v) is 14.4. The molecule has 0 fully saturated rings. The molecular formula is C75H126O6. The average molecular weight is 1120 g/mol. The van der Waals surface area contributed by atoms with E-state index in [0.717, 1.165) is 135 Å². The SMILES string of the molecule is CC/C=C\C/C=C\C/C=C\C/C=C\C/C=C\CCCCCCCC(=O)OC(COC(=O)CCCCCCCCCC/C=C\C/C=C\C/C=C\CCCCCCC)COC(=O)CCCCCCCCCCC/C=C\C/C=C\CCCCC. The number of unbranched alkanes of at least 4 members (excludes halogenated alkanes) is 30. The Hall–Kier alpha value is -4.19. The second kappa shape index (κ2) is 68.3. The van der Waals surface area contributed by atoms with Gasteiger partial charge in [-0.05, 0) is 135 Å². The van der Waals surface area contributed by atoms with E-state index in [1.165, 1.54) is 141 Å². The first kappa shape index (κ1) is 76.8. The summed E-state index contributed by atoms with van der Waals surface area (Å²) in [7, 11) is 0. The van der Waals surface area contributed by atoms with Crippen LogP contribution in [0.5, 0.6) is 0 Å². The highest BCUT2D eigenvalue weighted by Crippen LogP contribution is 2.16. The van der Waals surface area contributed by atoms with Crippen molar-refractivity contribution in [2.75, 3.05) is 13.2 Å². The molecule has 0 N–H and O–H groups in total. The zero-order valence-electron chi connectivity index (χ0n) is 53.0. The molecule has 0 amide bonds. The Bertz CT molecular complexity index is 1670. The summed E-state index contributed by atoms with van der Waals surface area (Å²) in [5, 5.41) is 0. The number of carbonyl (C=O) groups is 3. The molecule has 0 aromatic heterocycles. The lowest BCUT2D eigenvalue weighted by Crippen LogP contribution is -2.30. The van der Waals surface area contributed by atoms with E-state index in [1.54, 1.807) is 0 Å². The van der Waals surface area contributed by atoms with Crippen LogP contribution in [0.4, 0.5) is 0 Å². The Morgan fingerprint density at radius 3 is 0.778 bits per heavy atom. The van der Waals surface area contributed by atoms with Crippen LogP contribution >= 0.6 is 0 Å². The van der Waals surface area contributed by atoms with Crippen molar-refractivity contribution >= 4 is 17.9 Å². The molecule has 1 unspecified atom stereocenters. The van der Waals surface area contributed by atoms with Gasteiger partial charge in [0.2, 0.25) is 0 Å². The van der Waals surface area contributed by atoms with Gasteiger partial charge in [0.25, 0.3) is 0 Å². The monoisotopic (exact) mass is 1120 g/mol. The van der Waals surface area contributed by atoms with E-state index in [2.05, 4.69) is 142 Å². The molecule has 6 heteroatoms. The molecule has 0 rings (SSSR count). The molecule has 0 heterocycles. The molecule has 0 aliphatic carbocycles. The number of rotatable bonds is 61. The van der Waals surface area contributed by atoms with Gasteiger partial charge in [0.05, 0.1) is 0 Å². The van der Waals surface area contributed by atoms with E-state index in [9.17, 15) is 14.4 Å². The number of carbonyl (C=O) groups excluding carboxylic acids is 3. The van der Waals surface area contributed by atoms with Gasteiger partial charge in [0, 0.05) is 19.3 Å². The summed E-state index contributed by atoms with van der Waals surface area (Å²) < 4.78 is 17.0. The van der Waals surface area contributed by atoms with Crippen LogP contribution in [0, 0.1) is 0 Å². The number of hydrogen-bond donors (Lipinski definition) is 0. The molecular weight excluding hydrogens is 997 g/mol. The Labute approximate surface area is 501 Å². The molecule has 0 aliphatic heterocycles. The fraction of sp³-hybridized carbons (Fsp3) is 0.693. The Kier molecular flexibility index (Phi) is 64.8. The summed E-state index contributed by atoms with van der Waals surface area (Å²) in [6.07, 6.45) is 94.8. The summed E-state index contributed by atoms with van der Waals surface area (Å²) in [5.41, 5.74) is 0. The van der Waals surface area contributed by atoms with Crippen molar-refractivity contribution in [3.63, 3.8) is 0 Å². The summed E-state index contributed by atoms with van der Waals surface area (Å²) in [6, 6.07) is 0. The fourth-order valence-electron chi connectivity index (χ4n) is 9.33. The first-order chi connectivity index (χ1) is 40.0. The molecule has 81 heavy (non-hydrogen) atoms. The molecule has 462 valence electrons. The van der Waals surface area contributed by atoms with Crippen molar-refractivity contribution in [2.45, 2.75) is 322 Å². The predicted octanol–water partition coefficient (Wildman–Crippen LogP) is 23.6. The Morgan fingerprint density at radius 2 is 0.481 bits per heavy atom. The molecule has 0 saturated heterocycles. The van der Waals surface area contributed by atoms with E-state index in [4.69, 9.17) is 14.2 Å². The number of allylic oxidation sites excluding steroid dienone is 20. The summed E-state index contributed by atoms with van der Waals surface area (Å²) in [4.78, 5) is 38.5. The molecule has 0 radical (unpaired) electrons. The Balaban J connectivity index is 4.45. The molecule has 6 nitrogen and oxygen atoms in total. The van der Waals surface area contributed by atoms with Gasteiger partial charge in [-0.15, -0.1) is 0 Å². The van der Waals surface area contributed by atoms with E-state index in [0.29, 0.717) is 19.3 Å². The highest BCUT2D eigenvalue weighted by Gasteiger charge is 2.19. The van der Waals surface area contributed by atoms with Crippen LogP contribution in [0.15, 0.2) is 122 Å². The summed E-state index contributed by atoms with van der Waals surface area (Å²) in [5.74, 6) is -0.914. The van der Waals surface area contributed by atoms with Gasteiger partial charge in [-0.1, -0.05) is 284 Å². The van der Waals surface area contributed by atoms with Crippen LogP contribution in [-0.2, 0) is 28.6 Å². The van der Waals surface area contributed by atoms with Crippen LogP contribution in [0.2, 0.25) is 0 Å². The van der Waals surface area contributed by atoms with Crippen LogP contribution < -0.4 is 0 Å². The first-order valence-corrected chi connectivity index (χ1v) is 34.0. The van der Waals surface area contributed by atoms with E-state index in [-0.39, 0.29) is 31.1 Å². The third-order valence-electron chi connectivity index (χ3n) is 14.4.